The summed E-state index contributed by atoms with van der Waals surface area (Å²) < 4.78 is 15.1. The first-order valence-corrected chi connectivity index (χ1v) is 6.39. The van der Waals surface area contributed by atoms with Crippen LogP contribution < -0.4 is 15.2 Å². The van der Waals surface area contributed by atoms with Crippen LogP contribution in [0, 0.1) is 11.3 Å². The van der Waals surface area contributed by atoms with E-state index in [1.165, 1.54) is 13.2 Å². The fraction of sp³-hybridized carbons (Fsp3) is 0.267. The van der Waals surface area contributed by atoms with E-state index in [4.69, 9.17) is 25.2 Å². The van der Waals surface area contributed by atoms with Gasteiger partial charge in [0.05, 0.1) is 13.7 Å². The second kappa shape index (κ2) is 8.32. The van der Waals surface area contributed by atoms with Gasteiger partial charge in [0.25, 0.3) is 5.91 Å². The summed E-state index contributed by atoms with van der Waals surface area (Å²) in [5.41, 5.74) is 5.42. The fourth-order valence-corrected chi connectivity index (χ4v) is 1.55. The maximum absolute atomic E-state index is 11.6. The number of hydrogen-bond donors (Lipinski definition) is 1. The number of hydrogen-bond acceptors (Lipinski definition) is 6. The van der Waals surface area contributed by atoms with Gasteiger partial charge in [0.1, 0.15) is 11.6 Å². The summed E-state index contributed by atoms with van der Waals surface area (Å²) >= 11 is 0. The van der Waals surface area contributed by atoms with Crippen LogP contribution in [0.4, 0.5) is 0 Å². The highest BCUT2D eigenvalue weighted by Crippen LogP contribution is 2.28. The molecule has 0 aromatic heterocycles. The Bertz CT molecular complexity index is 631. The molecule has 0 atom stereocenters. The monoisotopic (exact) mass is 304 g/mol. The summed E-state index contributed by atoms with van der Waals surface area (Å²) in [5.74, 6) is -0.637. The van der Waals surface area contributed by atoms with Crippen LogP contribution in [0.2, 0.25) is 0 Å². The van der Waals surface area contributed by atoms with Crippen LogP contribution in [-0.4, -0.2) is 32.2 Å². The zero-order chi connectivity index (χ0) is 16.5. The third-order valence-corrected chi connectivity index (χ3v) is 2.48. The van der Waals surface area contributed by atoms with Crippen molar-refractivity contribution in [3.8, 4) is 17.6 Å². The van der Waals surface area contributed by atoms with E-state index in [2.05, 4.69) is 0 Å². The first kappa shape index (κ1) is 17.0. The SMILES string of the molecule is CCOC(=O)/C(C#N)=C\c1ccc(OCC(N)=O)c(OC)c1. The molecule has 0 fully saturated rings. The maximum atomic E-state index is 11.6. The van der Waals surface area contributed by atoms with Crippen molar-refractivity contribution in [3.05, 3.63) is 29.3 Å². The van der Waals surface area contributed by atoms with E-state index < -0.39 is 11.9 Å². The third kappa shape index (κ3) is 4.83. The standard InChI is InChI=1S/C15H16N2O5/c1-3-21-15(19)11(8-16)6-10-4-5-12(13(7-10)20-2)22-9-14(17)18/h4-7H,3,9H2,1-2H3,(H2,17,18)/b11-6-. The van der Waals surface area contributed by atoms with E-state index in [1.54, 1.807) is 31.2 Å². The lowest BCUT2D eigenvalue weighted by Crippen LogP contribution is -2.20. The molecule has 7 heteroatoms. The summed E-state index contributed by atoms with van der Waals surface area (Å²) in [6.07, 6.45) is 1.37. The van der Waals surface area contributed by atoms with Crippen LogP contribution in [0.25, 0.3) is 6.08 Å². The summed E-state index contributed by atoms with van der Waals surface area (Å²) in [4.78, 5) is 22.3. The smallest absolute Gasteiger partial charge is 0.348 e. The number of primary amides is 1. The number of esters is 1. The molecule has 1 aromatic rings. The first-order valence-electron chi connectivity index (χ1n) is 6.39. The highest BCUT2D eigenvalue weighted by molar-refractivity contribution is 5.97. The molecule has 1 amide bonds. The molecule has 0 unspecified atom stereocenters. The van der Waals surface area contributed by atoms with Crippen LogP contribution >= 0.6 is 0 Å². The predicted octanol–water partition coefficient (Wildman–Crippen LogP) is 1.03. The molecule has 0 aliphatic rings. The molecule has 0 spiro atoms. The molecule has 1 aromatic carbocycles. The second-order valence-electron chi connectivity index (χ2n) is 4.06. The van der Waals surface area contributed by atoms with Crippen molar-refractivity contribution in [2.45, 2.75) is 6.92 Å². The third-order valence-electron chi connectivity index (χ3n) is 2.48. The quantitative estimate of drug-likeness (QED) is 0.457. The molecule has 0 heterocycles. The van der Waals surface area contributed by atoms with E-state index in [9.17, 15) is 9.59 Å². The molecule has 0 saturated carbocycles. The number of carbonyl (C=O) groups is 2. The number of ether oxygens (including phenoxy) is 3. The largest absolute Gasteiger partial charge is 0.493 e. The Labute approximate surface area is 127 Å². The van der Waals surface area contributed by atoms with E-state index in [0.717, 1.165) is 0 Å². The summed E-state index contributed by atoms with van der Waals surface area (Å²) in [5, 5.41) is 8.98. The van der Waals surface area contributed by atoms with Gasteiger partial charge in [-0.1, -0.05) is 6.07 Å². The van der Waals surface area contributed by atoms with Crippen LogP contribution in [-0.2, 0) is 14.3 Å². The predicted molar refractivity (Wildman–Crippen MR) is 77.9 cm³/mol. The number of amides is 1. The molecule has 116 valence electrons. The van der Waals surface area contributed by atoms with Crippen molar-refractivity contribution in [2.75, 3.05) is 20.3 Å². The van der Waals surface area contributed by atoms with E-state index in [0.29, 0.717) is 17.1 Å². The lowest BCUT2D eigenvalue weighted by Gasteiger charge is -2.10. The van der Waals surface area contributed by atoms with Crippen molar-refractivity contribution in [2.24, 2.45) is 5.73 Å². The van der Waals surface area contributed by atoms with Crippen LogP contribution in [0.1, 0.15) is 12.5 Å². The van der Waals surface area contributed by atoms with Gasteiger partial charge >= 0.3 is 5.97 Å². The average molecular weight is 304 g/mol. The summed E-state index contributed by atoms with van der Waals surface area (Å²) in [6.45, 7) is 1.56. The maximum Gasteiger partial charge on any atom is 0.348 e. The van der Waals surface area contributed by atoms with Gasteiger partial charge in [-0.25, -0.2) is 4.79 Å². The van der Waals surface area contributed by atoms with Crippen molar-refractivity contribution in [3.63, 3.8) is 0 Å². The van der Waals surface area contributed by atoms with Crippen molar-refractivity contribution >= 4 is 18.0 Å². The van der Waals surface area contributed by atoms with E-state index >= 15 is 0 Å². The first-order chi connectivity index (χ1) is 10.5. The number of nitrogens with zero attached hydrogens (tertiary/aromatic N) is 1. The van der Waals surface area contributed by atoms with Gasteiger partial charge in [0, 0.05) is 0 Å². The second-order valence-corrected chi connectivity index (χ2v) is 4.06. The number of carbonyl (C=O) groups excluding carboxylic acids is 2. The molecule has 0 radical (unpaired) electrons. The van der Waals surface area contributed by atoms with Gasteiger partial charge in [-0.2, -0.15) is 5.26 Å². The number of rotatable bonds is 7. The molecule has 0 saturated heterocycles. The van der Waals surface area contributed by atoms with Crippen molar-refractivity contribution in [1.29, 1.82) is 5.26 Å². The van der Waals surface area contributed by atoms with Gasteiger partial charge in [-0.3, -0.25) is 4.79 Å². The summed E-state index contributed by atoms with van der Waals surface area (Å²) in [6, 6.07) is 6.50. The van der Waals surface area contributed by atoms with Gasteiger partial charge in [-0.05, 0) is 30.7 Å². The minimum absolute atomic E-state index is 0.130. The Morgan fingerprint density at radius 3 is 2.64 bits per heavy atom. The molecule has 0 aliphatic carbocycles. The van der Waals surface area contributed by atoms with Gasteiger partial charge in [-0.15, -0.1) is 0 Å². The number of nitriles is 1. The summed E-state index contributed by atoms with van der Waals surface area (Å²) in [7, 11) is 1.43. The van der Waals surface area contributed by atoms with Gasteiger partial charge in [0.2, 0.25) is 0 Å². The number of benzene rings is 1. The molecular formula is C15H16N2O5. The fourth-order valence-electron chi connectivity index (χ4n) is 1.55. The molecule has 0 aliphatic heterocycles. The Morgan fingerprint density at radius 1 is 1.36 bits per heavy atom. The van der Waals surface area contributed by atoms with Crippen LogP contribution in [0.3, 0.4) is 0 Å². The van der Waals surface area contributed by atoms with Crippen LogP contribution in [0.5, 0.6) is 11.5 Å². The Balaban J connectivity index is 3.04. The number of methoxy groups -OCH3 is 1. The Morgan fingerprint density at radius 2 is 2.09 bits per heavy atom. The van der Waals surface area contributed by atoms with Gasteiger partial charge < -0.3 is 19.9 Å². The highest BCUT2D eigenvalue weighted by atomic mass is 16.5. The van der Waals surface area contributed by atoms with E-state index in [1.807, 2.05) is 0 Å². The molecule has 1 rings (SSSR count). The molecular weight excluding hydrogens is 288 g/mol. The lowest BCUT2D eigenvalue weighted by molar-refractivity contribution is -0.137. The average Bonchev–Trinajstić information content (AvgIpc) is 2.50. The topological polar surface area (TPSA) is 112 Å². The minimum atomic E-state index is -0.696. The molecule has 0 bridgehead atoms. The Kier molecular flexibility index (Phi) is 6.44. The highest BCUT2D eigenvalue weighted by Gasteiger charge is 2.11. The molecule has 22 heavy (non-hydrogen) atoms. The van der Waals surface area contributed by atoms with Gasteiger partial charge in [0.15, 0.2) is 18.1 Å². The lowest BCUT2D eigenvalue weighted by atomic mass is 10.1. The number of nitrogens with two attached hydrogens (primary N) is 1. The zero-order valence-electron chi connectivity index (χ0n) is 12.3. The normalized spacial score (nSPS) is 10.5. The van der Waals surface area contributed by atoms with Crippen molar-refractivity contribution in [1.82, 2.24) is 0 Å². The molecule has 2 N–H and O–H groups in total. The zero-order valence-corrected chi connectivity index (χ0v) is 12.3. The van der Waals surface area contributed by atoms with Crippen molar-refractivity contribution < 1.29 is 23.8 Å². The minimum Gasteiger partial charge on any atom is -0.493 e. The Hall–Kier alpha value is -3.01. The molecule has 7 nitrogen and oxygen atoms in total. The van der Waals surface area contributed by atoms with Crippen LogP contribution in [0.15, 0.2) is 23.8 Å². The van der Waals surface area contributed by atoms with E-state index in [-0.39, 0.29) is 18.8 Å².